The first-order valence-electron chi connectivity index (χ1n) is 7.92. The van der Waals surface area contributed by atoms with Crippen LogP contribution >= 0.6 is 15.9 Å². The lowest BCUT2D eigenvalue weighted by Crippen LogP contribution is -2.35. The Kier molecular flexibility index (Phi) is 6.00. The van der Waals surface area contributed by atoms with Gasteiger partial charge in [0, 0.05) is 29.9 Å². The molecule has 0 aliphatic heterocycles. The zero-order chi connectivity index (χ0) is 15.4. The molecule has 21 heavy (non-hydrogen) atoms. The molecule has 2 nitrogen and oxygen atoms in total. The lowest BCUT2D eigenvalue weighted by molar-refractivity contribution is -0.126. The molecule has 1 aliphatic rings. The van der Waals surface area contributed by atoms with E-state index in [0.29, 0.717) is 17.6 Å². The molecule has 2 rings (SSSR count). The van der Waals surface area contributed by atoms with Crippen molar-refractivity contribution in [2.24, 2.45) is 17.8 Å². The van der Waals surface area contributed by atoms with E-state index in [1.807, 2.05) is 6.07 Å². The van der Waals surface area contributed by atoms with Crippen LogP contribution in [0, 0.1) is 17.8 Å². The van der Waals surface area contributed by atoms with Crippen LogP contribution in [0.15, 0.2) is 28.7 Å². The summed E-state index contributed by atoms with van der Waals surface area (Å²) >= 11 is 3.60. The van der Waals surface area contributed by atoms with Crippen molar-refractivity contribution < 1.29 is 4.79 Å². The third-order valence-corrected chi connectivity index (χ3v) is 5.45. The minimum absolute atomic E-state index is 0.221. The van der Waals surface area contributed by atoms with Crippen LogP contribution in [0.2, 0.25) is 0 Å². The molecule has 0 heterocycles. The van der Waals surface area contributed by atoms with Crippen LogP contribution in [0.1, 0.15) is 38.7 Å². The minimum atomic E-state index is 0.221. The second-order valence-corrected chi connectivity index (χ2v) is 7.58. The van der Waals surface area contributed by atoms with Crippen LogP contribution in [0.4, 0.5) is 0 Å². The molecule has 0 radical (unpaired) electrons. The van der Waals surface area contributed by atoms with Gasteiger partial charge in [-0.15, -0.1) is 0 Å². The number of Topliss-reactive ketones (excluding diaryl/α,β-unsaturated/α-hetero) is 1. The second-order valence-electron chi connectivity index (χ2n) is 6.73. The average molecular weight is 352 g/mol. The van der Waals surface area contributed by atoms with Crippen molar-refractivity contribution in [3.63, 3.8) is 0 Å². The first-order valence-corrected chi connectivity index (χ1v) is 8.71. The molecule has 0 N–H and O–H groups in total. The number of nitrogens with zero attached hydrogens (tertiary/aromatic N) is 1. The summed E-state index contributed by atoms with van der Waals surface area (Å²) < 4.78 is 1.15. The highest BCUT2D eigenvalue weighted by atomic mass is 79.9. The van der Waals surface area contributed by atoms with E-state index in [4.69, 9.17) is 0 Å². The maximum atomic E-state index is 12.2. The zero-order valence-corrected chi connectivity index (χ0v) is 14.9. The Hall–Kier alpha value is -0.670. The van der Waals surface area contributed by atoms with Gasteiger partial charge in [-0.3, -0.25) is 4.79 Å². The summed E-state index contributed by atoms with van der Waals surface area (Å²) in [6.45, 7) is 6.32. The van der Waals surface area contributed by atoms with E-state index in [0.717, 1.165) is 36.8 Å². The van der Waals surface area contributed by atoms with Gasteiger partial charge < -0.3 is 4.90 Å². The largest absolute Gasteiger partial charge is 0.301 e. The smallest absolute Gasteiger partial charge is 0.137 e. The van der Waals surface area contributed by atoms with Gasteiger partial charge in [0.15, 0.2) is 0 Å². The molecule has 0 saturated heterocycles. The number of carbonyl (C=O) groups is 1. The van der Waals surface area contributed by atoms with Gasteiger partial charge in [0.25, 0.3) is 0 Å². The summed E-state index contributed by atoms with van der Waals surface area (Å²) in [4.78, 5) is 14.5. The van der Waals surface area contributed by atoms with Crippen molar-refractivity contribution in [2.45, 2.75) is 39.7 Å². The van der Waals surface area contributed by atoms with Gasteiger partial charge in [-0.05, 0) is 43.4 Å². The first-order chi connectivity index (χ1) is 9.97. The van der Waals surface area contributed by atoms with E-state index in [9.17, 15) is 4.79 Å². The Labute approximate surface area is 137 Å². The van der Waals surface area contributed by atoms with Crippen LogP contribution in [0.5, 0.6) is 0 Å². The molecule has 0 bridgehead atoms. The molecular formula is C18H26BrNO. The van der Waals surface area contributed by atoms with E-state index >= 15 is 0 Å². The maximum absolute atomic E-state index is 12.2. The lowest BCUT2D eigenvalue weighted by atomic mass is 9.75. The van der Waals surface area contributed by atoms with Gasteiger partial charge in [0.05, 0.1) is 0 Å². The number of ketones is 1. The number of hydrogen-bond donors (Lipinski definition) is 0. The first kappa shape index (κ1) is 16.7. The normalized spacial score (nSPS) is 23.0. The van der Waals surface area contributed by atoms with Gasteiger partial charge in [-0.2, -0.15) is 0 Å². The summed E-state index contributed by atoms with van der Waals surface area (Å²) in [6, 6.07) is 8.31. The second kappa shape index (κ2) is 7.55. The third-order valence-electron chi connectivity index (χ3n) is 4.68. The topological polar surface area (TPSA) is 20.3 Å². The average Bonchev–Trinajstić information content (AvgIpc) is 2.43. The van der Waals surface area contributed by atoms with Gasteiger partial charge in [0.2, 0.25) is 0 Å². The van der Waals surface area contributed by atoms with Crippen LogP contribution < -0.4 is 0 Å². The molecule has 2 unspecified atom stereocenters. The van der Waals surface area contributed by atoms with E-state index in [1.165, 1.54) is 5.56 Å². The van der Waals surface area contributed by atoms with Crippen molar-refractivity contribution in [3.8, 4) is 0 Å². The number of rotatable bonds is 5. The van der Waals surface area contributed by atoms with Crippen LogP contribution in [0.25, 0.3) is 0 Å². The highest BCUT2D eigenvalue weighted by Crippen LogP contribution is 2.32. The SMILES string of the molecule is CC(C)C1CCC(=O)C(CN(C)Cc2ccccc2Br)C1. The van der Waals surface area contributed by atoms with Gasteiger partial charge in [-0.1, -0.05) is 48.0 Å². The summed E-state index contributed by atoms with van der Waals surface area (Å²) in [5.74, 6) is 2.09. The fourth-order valence-corrected chi connectivity index (χ4v) is 3.70. The molecule has 2 atom stereocenters. The Morgan fingerprint density at radius 3 is 2.71 bits per heavy atom. The molecule has 1 aliphatic carbocycles. The standard InChI is InChI=1S/C18H26BrNO/c1-13(2)14-8-9-18(21)16(10-14)12-20(3)11-15-6-4-5-7-17(15)19/h4-7,13-14,16H,8-12H2,1-3H3. The molecule has 1 fully saturated rings. The minimum Gasteiger partial charge on any atom is -0.301 e. The zero-order valence-electron chi connectivity index (χ0n) is 13.3. The molecular weight excluding hydrogens is 326 g/mol. The van der Waals surface area contributed by atoms with Crippen molar-refractivity contribution in [2.75, 3.05) is 13.6 Å². The van der Waals surface area contributed by atoms with Crippen molar-refractivity contribution in [1.29, 1.82) is 0 Å². The van der Waals surface area contributed by atoms with Gasteiger partial charge in [-0.25, -0.2) is 0 Å². The van der Waals surface area contributed by atoms with Crippen molar-refractivity contribution in [1.82, 2.24) is 4.90 Å². The molecule has 116 valence electrons. The molecule has 0 amide bonds. The Morgan fingerprint density at radius 2 is 2.05 bits per heavy atom. The van der Waals surface area contributed by atoms with Crippen LogP contribution in [-0.2, 0) is 11.3 Å². The third kappa shape index (κ3) is 4.65. The molecule has 0 aromatic heterocycles. The van der Waals surface area contributed by atoms with Gasteiger partial charge in [0.1, 0.15) is 5.78 Å². The highest BCUT2D eigenvalue weighted by Gasteiger charge is 2.30. The van der Waals surface area contributed by atoms with Gasteiger partial charge >= 0.3 is 0 Å². The highest BCUT2D eigenvalue weighted by molar-refractivity contribution is 9.10. The summed E-state index contributed by atoms with van der Waals surface area (Å²) in [7, 11) is 2.12. The van der Waals surface area contributed by atoms with Crippen molar-refractivity contribution in [3.05, 3.63) is 34.3 Å². The van der Waals surface area contributed by atoms with E-state index < -0.39 is 0 Å². The number of benzene rings is 1. The summed E-state index contributed by atoms with van der Waals surface area (Å²) in [5.41, 5.74) is 1.28. The monoisotopic (exact) mass is 351 g/mol. The quantitative estimate of drug-likeness (QED) is 0.776. The molecule has 1 saturated carbocycles. The Balaban J connectivity index is 1.93. The van der Waals surface area contributed by atoms with Crippen LogP contribution in [0.3, 0.4) is 0 Å². The lowest BCUT2D eigenvalue weighted by Gasteiger charge is -2.33. The summed E-state index contributed by atoms with van der Waals surface area (Å²) in [6.07, 6.45) is 2.92. The number of hydrogen-bond acceptors (Lipinski definition) is 2. The number of halogens is 1. The molecule has 1 aromatic carbocycles. The molecule has 3 heteroatoms. The Bertz CT molecular complexity index is 486. The Morgan fingerprint density at radius 1 is 1.33 bits per heavy atom. The van der Waals surface area contributed by atoms with E-state index in [2.05, 4.69) is 59.9 Å². The maximum Gasteiger partial charge on any atom is 0.137 e. The fourth-order valence-electron chi connectivity index (χ4n) is 3.29. The number of carbonyl (C=O) groups excluding carboxylic acids is 1. The molecule has 1 aromatic rings. The summed E-state index contributed by atoms with van der Waals surface area (Å²) in [5, 5.41) is 0. The predicted molar refractivity (Wildman–Crippen MR) is 91.2 cm³/mol. The fraction of sp³-hybridized carbons (Fsp3) is 0.611. The van der Waals surface area contributed by atoms with E-state index in [1.54, 1.807) is 0 Å². The predicted octanol–water partition coefficient (Wildman–Crippen LogP) is 4.52. The van der Waals surface area contributed by atoms with Crippen LogP contribution in [-0.4, -0.2) is 24.3 Å². The van der Waals surface area contributed by atoms with Crippen molar-refractivity contribution >= 4 is 21.7 Å². The molecule has 0 spiro atoms. The van der Waals surface area contributed by atoms with E-state index in [-0.39, 0.29) is 5.92 Å².